The molecule has 0 aromatic carbocycles. The predicted octanol–water partition coefficient (Wildman–Crippen LogP) is 3.47. The zero-order chi connectivity index (χ0) is 24.8. The number of nitrogen functional groups attached to an aromatic ring is 1. The van der Waals surface area contributed by atoms with Crippen molar-refractivity contribution in [2.24, 2.45) is 0 Å². The van der Waals surface area contributed by atoms with Crippen LogP contribution in [0.5, 0.6) is 0 Å². The van der Waals surface area contributed by atoms with E-state index in [9.17, 15) is 19.8 Å². The lowest BCUT2D eigenvalue weighted by molar-refractivity contribution is -0.150. The SMILES string of the molecule is CCCCCCCCCCCCCCCC(=O)OC[C@H]1O[C@@H](n2ccc(N)nc2=O)[C@@H](O)[C@H]1O. The van der Waals surface area contributed by atoms with E-state index in [0.717, 1.165) is 23.8 Å². The summed E-state index contributed by atoms with van der Waals surface area (Å²) in [4.78, 5) is 27.6. The first-order valence-electron chi connectivity index (χ1n) is 13.0. The van der Waals surface area contributed by atoms with E-state index in [1.807, 2.05) is 0 Å². The first-order chi connectivity index (χ1) is 16.4. The van der Waals surface area contributed by atoms with Crippen molar-refractivity contribution in [3.63, 3.8) is 0 Å². The van der Waals surface area contributed by atoms with Gasteiger partial charge in [0.15, 0.2) is 6.23 Å². The fourth-order valence-electron chi connectivity index (χ4n) is 4.25. The topological polar surface area (TPSA) is 137 Å². The van der Waals surface area contributed by atoms with Crippen molar-refractivity contribution in [2.75, 3.05) is 12.3 Å². The van der Waals surface area contributed by atoms with E-state index in [4.69, 9.17) is 15.2 Å². The van der Waals surface area contributed by atoms with E-state index in [0.29, 0.717) is 6.42 Å². The average Bonchev–Trinajstić information content (AvgIpc) is 3.09. The van der Waals surface area contributed by atoms with Gasteiger partial charge in [0.05, 0.1) is 0 Å². The van der Waals surface area contributed by atoms with Crippen LogP contribution in [0.15, 0.2) is 17.1 Å². The zero-order valence-corrected chi connectivity index (χ0v) is 20.6. The fourth-order valence-corrected chi connectivity index (χ4v) is 4.25. The molecule has 2 rings (SSSR count). The van der Waals surface area contributed by atoms with Crippen LogP contribution < -0.4 is 11.4 Å². The third-order valence-electron chi connectivity index (χ3n) is 6.36. The van der Waals surface area contributed by atoms with Crippen molar-refractivity contribution >= 4 is 11.8 Å². The van der Waals surface area contributed by atoms with Crippen molar-refractivity contribution < 1.29 is 24.5 Å². The van der Waals surface area contributed by atoms with Crippen LogP contribution in [-0.4, -0.2) is 50.7 Å². The van der Waals surface area contributed by atoms with Crippen LogP contribution in [0, 0.1) is 0 Å². The Labute approximate surface area is 202 Å². The molecule has 4 atom stereocenters. The standard InChI is InChI=1S/C25H43N3O6/c1-2-3-4-5-6-7-8-9-10-11-12-13-14-15-21(29)33-18-19-22(30)23(31)24(34-19)28-17-16-20(26)27-25(28)32/h16-17,19,22-24,30-31H,2-15,18H2,1H3,(H2,26,27,32)/t19-,22+,23+,24-/m1/s1. The number of aromatic nitrogens is 2. The molecule has 1 aromatic heterocycles. The number of hydrogen-bond acceptors (Lipinski definition) is 8. The first-order valence-corrected chi connectivity index (χ1v) is 13.0. The Morgan fingerprint density at radius 1 is 1.00 bits per heavy atom. The molecule has 1 fully saturated rings. The highest BCUT2D eigenvalue weighted by molar-refractivity contribution is 5.69. The van der Waals surface area contributed by atoms with Gasteiger partial charge in [0.25, 0.3) is 0 Å². The Morgan fingerprint density at radius 3 is 2.12 bits per heavy atom. The summed E-state index contributed by atoms with van der Waals surface area (Å²) in [5, 5.41) is 20.5. The molecule has 34 heavy (non-hydrogen) atoms. The van der Waals surface area contributed by atoms with Crippen LogP contribution in [-0.2, 0) is 14.3 Å². The summed E-state index contributed by atoms with van der Waals surface area (Å²) >= 11 is 0. The van der Waals surface area contributed by atoms with E-state index in [2.05, 4.69) is 11.9 Å². The van der Waals surface area contributed by atoms with E-state index >= 15 is 0 Å². The highest BCUT2D eigenvalue weighted by Gasteiger charge is 2.44. The van der Waals surface area contributed by atoms with Crippen molar-refractivity contribution in [3.05, 3.63) is 22.7 Å². The Hall–Kier alpha value is -1.97. The molecule has 0 aliphatic carbocycles. The Kier molecular flexibility index (Phi) is 13.2. The summed E-state index contributed by atoms with van der Waals surface area (Å²) in [6.07, 6.45) is 13.0. The number of aliphatic hydroxyl groups is 2. The second kappa shape index (κ2) is 15.8. The maximum Gasteiger partial charge on any atom is 0.351 e. The minimum absolute atomic E-state index is 0.0490. The van der Waals surface area contributed by atoms with E-state index in [-0.39, 0.29) is 18.4 Å². The van der Waals surface area contributed by atoms with Gasteiger partial charge in [-0.25, -0.2) is 4.79 Å². The number of nitrogens with zero attached hydrogens (tertiary/aromatic N) is 2. The summed E-state index contributed by atoms with van der Waals surface area (Å²) in [7, 11) is 0. The van der Waals surface area contributed by atoms with Crippen molar-refractivity contribution in [1.29, 1.82) is 0 Å². The molecule has 0 saturated carbocycles. The summed E-state index contributed by atoms with van der Waals surface area (Å²) < 4.78 is 11.9. The lowest BCUT2D eigenvalue weighted by Crippen LogP contribution is -2.36. The average molecular weight is 482 g/mol. The van der Waals surface area contributed by atoms with Gasteiger partial charge in [-0.2, -0.15) is 4.98 Å². The lowest BCUT2D eigenvalue weighted by Gasteiger charge is -2.16. The number of anilines is 1. The lowest BCUT2D eigenvalue weighted by atomic mass is 10.0. The Bertz CT molecular complexity index is 771. The van der Waals surface area contributed by atoms with Gasteiger partial charge in [0.2, 0.25) is 0 Å². The third-order valence-corrected chi connectivity index (χ3v) is 6.36. The van der Waals surface area contributed by atoms with Crippen LogP contribution >= 0.6 is 0 Å². The number of ether oxygens (including phenoxy) is 2. The molecule has 0 radical (unpaired) electrons. The van der Waals surface area contributed by atoms with Gasteiger partial charge >= 0.3 is 11.7 Å². The van der Waals surface area contributed by atoms with Gasteiger partial charge in [0.1, 0.15) is 30.7 Å². The molecular formula is C25H43N3O6. The number of aliphatic hydroxyl groups excluding tert-OH is 2. The van der Waals surface area contributed by atoms with E-state index in [1.165, 1.54) is 76.5 Å². The Morgan fingerprint density at radius 2 is 1.56 bits per heavy atom. The molecule has 9 nitrogen and oxygen atoms in total. The van der Waals surface area contributed by atoms with Crippen LogP contribution in [0.4, 0.5) is 5.82 Å². The summed E-state index contributed by atoms with van der Waals surface area (Å²) in [5.74, 6) is -0.309. The molecule has 0 bridgehead atoms. The second-order valence-corrected chi connectivity index (χ2v) is 9.26. The monoisotopic (exact) mass is 481 g/mol. The zero-order valence-electron chi connectivity index (χ0n) is 20.6. The minimum Gasteiger partial charge on any atom is -0.463 e. The molecule has 2 heterocycles. The molecule has 1 aliphatic heterocycles. The van der Waals surface area contributed by atoms with Gasteiger partial charge in [-0.1, -0.05) is 84.0 Å². The van der Waals surface area contributed by atoms with Crippen LogP contribution in [0.3, 0.4) is 0 Å². The van der Waals surface area contributed by atoms with Gasteiger partial charge in [0, 0.05) is 12.6 Å². The quantitative estimate of drug-likeness (QED) is 0.227. The summed E-state index contributed by atoms with van der Waals surface area (Å²) in [6.45, 7) is 2.05. The highest BCUT2D eigenvalue weighted by Crippen LogP contribution is 2.28. The smallest absolute Gasteiger partial charge is 0.351 e. The number of nitrogens with two attached hydrogens (primary N) is 1. The normalized spacial score (nSPS) is 22.2. The molecule has 9 heteroatoms. The maximum absolute atomic E-state index is 12.0. The van der Waals surface area contributed by atoms with Crippen molar-refractivity contribution in [2.45, 2.75) is 121 Å². The van der Waals surface area contributed by atoms with Crippen molar-refractivity contribution in [1.82, 2.24) is 9.55 Å². The number of hydrogen-bond donors (Lipinski definition) is 3. The molecule has 0 spiro atoms. The fraction of sp³-hybridized carbons (Fsp3) is 0.800. The number of carbonyl (C=O) groups excluding carboxylic acids is 1. The largest absolute Gasteiger partial charge is 0.463 e. The number of esters is 1. The predicted molar refractivity (Wildman–Crippen MR) is 130 cm³/mol. The number of rotatable bonds is 17. The highest BCUT2D eigenvalue weighted by atomic mass is 16.6. The van der Waals surface area contributed by atoms with E-state index < -0.39 is 30.2 Å². The van der Waals surface area contributed by atoms with Gasteiger partial charge in [-0.3, -0.25) is 9.36 Å². The minimum atomic E-state index is -1.35. The molecule has 0 amide bonds. The summed E-state index contributed by atoms with van der Waals surface area (Å²) in [5.41, 5.74) is 4.77. The maximum atomic E-state index is 12.0. The van der Waals surface area contributed by atoms with Crippen LogP contribution in [0.25, 0.3) is 0 Å². The number of carbonyl (C=O) groups is 1. The Balaban J connectivity index is 1.52. The van der Waals surface area contributed by atoms with Gasteiger partial charge in [-0.05, 0) is 12.5 Å². The third kappa shape index (κ3) is 9.72. The summed E-state index contributed by atoms with van der Waals surface area (Å²) in [6, 6.07) is 1.40. The van der Waals surface area contributed by atoms with Gasteiger partial charge < -0.3 is 25.4 Å². The molecule has 1 aliphatic rings. The number of unbranched alkanes of at least 4 members (excludes halogenated alkanes) is 12. The molecule has 194 valence electrons. The molecule has 1 aromatic rings. The van der Waals surface area contributed by atoms with Crippen LogP contribution in [0.1, 0.15) is 103 Å². The molecular weight excluding hydrogens is 438 g/mol. The molecule has 4 N–H and O–H groups in total. The van der Waals surface area contributed by atoms with E-state index in [1.54, 1.807) is 0 Å². The van der Waals surface area contributed by atoms with Crippen molar-refractivity contribution in [3.8, 4) is 0 Å². The first kappa shape index (κ1) is 28.3. The van der Waals surface area contributed by atoms with Gasteiger partial charge in [-0.15, -0.1) is 0 Å². The second-order valence-electron chi connectivity index (χ2n) is 9.26. The molecule has 1 saturated heterocycles. The molecule has 0 unspecified atom stereocenters. The van der Waals surface area contributed by atoms with Crippen LogP contribution in [0.2, 0.25) is 0 Å².